The molecule has 0 bridgehead atoms. The van der Waals surface area contributed by atoms with E-state index in [1.165, 1.54) is 5.56 Å². The molecule has 0 unspecified atom stereocenters. The van der Waals surface area contributed by atoms with E-state index in [1.54, 1.807) is 0 Å². The molecule has 1 aliphatic rings. The van der Waals surface area contributed by atoms with Gasteiger partial charge in [-0.2, -0.15) is 0 Å². The summed E-state index contributed by atoms with van der Waals surface area (Å²) < 4.78 is 0. The molecule has 0 spiro atoms. The van der Waals surface area contributed by atoms with Gasteiger partial charge in [-0.25, -0.2) is 0 Å². The molecule has 3 aromatic carbocycles. The zero-order valence-electron chi connectivity index (χ0n) is 17.3. The van der Waals surface area contributed by atoms with Crippen LogP contribution in [0.4, 0.5) is 5.69 Å². The quantitative estimate of drug-likeness (QED) is 0.568. The molecule has 2 atom stereocenters. The van der Waals surface area contributed by atoms with Crippen molar-refractivity contribution < 1.29 is 9.59 Å². The average molecular weight is 436 g/mol. The maximum Gasteiger partial charge on any atom is 0.251 e. The fourth-order valence-corrected chi connectivity index (χ4v) is 3.68. The van der Waals surface area contributed by atoms with E-state index in [-0.39, 0.29) is 30.3 Å². The van der Waals surface area contributed by atoms with Gasteiger partial charge in [0, 0.05) is 12.2 Å². The van der Waals surface area contributed by atoms with Crippen LogP contribution in [0, 0.1) is 6.92 Å². The number of amides is 2. The third-order valence-corrected chi connectivity index (χ3v) is 5.40. The summed E-state index contributed by atoms with van der Waals surface area (Å²) in [5, 5.41) is 9.15. The maximum absolute atomic E-state index is 13.1. The molecule has 0 radical (unpaired) electrons. The third-order valence-electron chi connectivity index (χ3n) is 5.40. The Morgan fingerprint density at radius 3 is 2.26 bits per heavy atom. The Morgan fingerprint density at radius 1 is 0.903 bits per heavy atom. The lowest BCUT2D eigenvalue weighted by Gasteiger charge is -2.27. The number of hydrogen-bond acceptors (Lipinski definition) is 3. The van der Waals surface area contributed by atoms with Crippen LogP contribution in [0.2, 0.25) is 0 Å². The highest BCUT2D eigenvalue weighted by Gasteiger charge is 2.29. The number of hydrogen-bond donors (Lipinski definition) is 3. The summed E-state index contributed by atoms with van der Waals surface area (Å²) in [5.74, 6) is -0.452. The lowest BCUT2D eigenvalue weighted by Crippen LogP contribution is -2.50. The van der Waals surface area contributed by atoms with E-state index in [0.717, 1.165) is 16.7 Å². The lowest BCUT2D eigenvalue weighted by atomic mass is 9.95. The predicted molar refractivity (Wildman–Crippen MR) is 125 cm³/mol. The van der Waals surface area contributed by atoms with Crippen molar-refractivity contribution in [2.45, 2.75) is 32.0 Å². The van der Waals surface area contributed by atoms with Crippen molar-refractivity contribution >= 4 is 29.9 Å². The molecule has 0 aliphatic carbocycles. The molecule has 4 rings (SSSR count). The fourth-order valence-electron chi connectivity index (χ4n) is 3.68. The number of benzene rings is 3. The molecule has 1 aliphatic heterocycles. The number of anilines is 1. The van der Waals surface area contributed by atoms with E-state index < -0.39 is 6.04 Å². The van der Waals surface area contributed by atoms with Gasteiger partial charge in [-0.1, -0.05) is 72.3 Å². The molecule has 6 heteroatoms. The molecule has 2 amide bonds. The van der Waals surface area contributed by atoms with Crippen LogP contribution in [0.5, 0.6) is 0 Å². The Morgan fingerprint density at radius 2 is 1.55 bits per heavy atom. The van der Waals surface area contributed by atoms with Crippen LogP contribution in [-0.4, -0.2) is 17.9 Å². The van der Waals surface area contributed by atoms with Gasteiger partial charge in [0.2, 0.25) is 5.91 Å². The highest BCUT2D eigenvalue weighted by atomic mass is 35.5. The second-order valence-corrected chi connectivity index (χ2v) is 7.61. The SMILES string of the molecule is Cc1ccc(NC(=O)[C@H](NC(=O)[C@@H]2Cc3ccccc3CN2)c2ccccc2)cc1.Cl. The molecule has 0 saturated heterocycles. The van der Waals surface area contributed by atoms with E-state index >= 15 is 0 Å². The largest absolute Gasteiger partial charge is 0.339 e. The lowest BCUT2D eigenvalue weighted by molar-refractivity contribution is -0.128. The highest BCUT2D eigenvalue weighted by Crippen LogP contribution is 2.20. The molecule has 31 heavy (non-hydrogen) atoms. The van der Waals surface area contributed by atoms with Crippen molar-refractivity contribution in [3.63, 3.8) is 0 Å². The van der Waals surface area contributed by atoms with Crippen LogP contribution in [0.3, 0.4) is 0 Å². The summed E-state index contributed by atoms with van der Waals surface area (Å²) >= 11 is 0. The minimum Gasteiger partial charge on any atom is -0.339 e. The van der Waals surface area contributed by atoms with Gasteiger partial charge in [-0.15, -0.1) is 12.4 Å². The summed E-state index contributed by atoms with van der Waals surface area (Å²) in [6.07, 6.45) is 0.600. The van der Waals surface area contributed by atoms with Gasteiger partial charge in [0.25, 0.3) is 5.91 Å². The minimum atomic E-state index is -0.779. The molecule has 3 aromatic rings. The van der Waals surface area contributed by atoms with Crippen LogP contribution >= 0.6 is 12.4 Å². The molecule has 0 saturated carbocycles. The maximum atomic E-state index is 13.1. The summed E-state index contributed by atoms with van der Waals surface area (Å²) in [6, 6.07) is 23.9. The molecule has 1 heterocycles. The zero-order chi connectivity index (χ0) is 20.9. The van der Waals surface area contributed by atoms with Gasteiger partial charge in [-0.05, 0) is 42.2 Å². The molecule has 160 valence electrons. The van der Waals surface area contributed by atoms with Crippen LogP contribution in [0.1, 0.15) is 28.3 Å². The van der Waals surface area contributed by atoms with Crippen molar-refractivity contribution in [1.29, 1.82) is 0 Å². The normalized spacial score (nSPS) is 15.7. The highest BCUT2D eigenvalue weighted by molar-refractivity contribution is 5.98. The van der Waals surface area contributed by atoms with E-state index in [0.29, 0.717) is 18.7 Å². The molecule has 0 aromatic heterocycles. The van der Waals surface area contributed by atoms with E-state index in [1.807, 2.05) is 73.7 Å². The van der Waals surface area contributed by atoms with E-state index in [9.17, 15) is 9.59 Å². The van der Waals surface area contributed by atoms with Crippen molar-refractivity contribution in [3.8, 4) is 0 Å². The molecular weight excluding hydrogens is 410 g/mol. The fraction of sp³-hybridized carbons (Fsp3) is 0.200. The number of fused-ring (bicyclic) bond motifs is 1. The number of carbonyl (C=O) groups excluding carboxylic acids is 2. The van der Waals surface area contributed by atoms with Crippen LogP contribution in [-0.2, 0) is 22.6 Å². The third kappa shape index (κ3) is 5.51. The second kappa shape index (κ2) is 10.2. The van der Waals surface area contributed by atoms with Gasteiger partial charge in [0.15, 0.2) is 0 Å². The Hall–Kier alpha value is -3.15. The van der Waals surface area contributed by atoms with E-state index in [4.69, 9.17) is 0 Å². The van der Waals surface area contributed by atoms with Gasteiger partial charge in [-0.3, -0.25) is 9.59 Å². The Bertz CT molecular complexity index is 1040. The van der Waals surface area contributed by atoms with E-state index in [2.05, 4.69) is 28.1 Å². The summed E-state index contributed by atoms with van der Waals surface area (Å²) in [5.41, 5.74) is 4.93. The standard InChI is InChI=1S/C25H25N3O2.ClH/c1-17-11-13-21(14-12-17)27-25(30)23(18-7-3-2-4-8-18)28-24(29)22-15-19-9-5-6-10-20(19)16-26-22;/h2-14,22-23,26H,15-16H2,1H3,(H,27,30)(H,28,29);1H/t22-,23+;/m0./s1. The van der Waals surface area contributed by atoms with Crippen molar-refractivity contribution in [2.75, 3.05) is 5.32 Å². The van der Waals surface area contributed by atoms with Crippen LogP contribution in [0.15, 0.2) is 78.9 Å². The van der Waals surface area contributed by atoms with Crippen molar-refractivity contribution in [1.82, 2.24) is 10.6 Å². The first-order chi connectivity index (χ1) is 14.6. The average Bonchev–Trinajstić information content (AvgIpc) is 2.79. The monoisotopic (exact) mass is 435 g/mol. The minimum absolute atomic E-state index is 0. The van der Waals surface area contributed by atoms with Gasteiger partial charge in [0.1, 0.15) is 6.04 Å². The summed E-state index contributed by atoms with van der Waals surface area (Å²) in [4.78, 5) is 26.1. The van der Waals surface area contributed by atoms with Crippen LogP contribution in [0.25, 0.3) is 0 Å². The molecule has 3 N–H and O–H groups in total. The Balaban J connectivity index is 0.00000272. The zero-order valence-corrected chi connectivity index (χ0v) is 18.1. The predicted octanol–water partition coefficient (Wildman–Crippen LogP) is 3.93. The number of carbonyl (C=O) groups is 2. The number of halogens is 1. The number of aryl methyl sites for hydroxylation is 1. The van der Waals surface area contributed by atoms with Crippen molar-refractivity contribution in [2.24, 2.45) is 0 Å². The second-order valence-electron chi connectivity index (χ2n) is 7.61. The Labute approximate surface area is 188 Å². The smallest absolute Gasteiger partial charge is 0.251 e. The first-order valence-corrected chi connectivity index (χ1v) is 10.1. The van der Waals surface area contributed by atoms with Gasteiger partial charge >= 0.3 is 0 Å². The van der Waals surface area contributed by atoms with Crippen molar-refractivity contribution in [3.05, 3.63) is 101 Å². The Kier molecular flexibility index (Phi) is 7.45. The van der Waals surface area contributed by atoms with Gasteiger partial charge in [0.05, 0.1) is 6.04 Å². The van der Waals surface area contributed by atoms with Gasteiger partial charge < -0.3 is 16.0 Å². The number of rotatable bonds is 5. The summed E-state index contributed by atoms with van der Waals surface area (Å²) in [6.45, 7) is 2.63. The first-order valence-electron chi connectivity index (χ1n) is 10.1. The molecular formula is C25H26ClN3O2. The molecule has 5 nitrogen and oxygen atoms in total. The topological polar surface area (TPSA) is 70.2 Å². The first kappa shape index (κ1) is 22.5. The van der Waals surface area contributed by atoms with Crippen LogP contribution < -0.4 is 16.0 Å². The molecule has 0 fully saturated rings. The summed E-state index contributed by atoms with van der Waals surface area (Å²) in [7, 11) is 0. The number of nitrogens with one attached hydrogen (secondary N) is 3.